The highest BCUT2D eigenvalue weighted by Gasteiger charge is 2.24. The lowest BCUT2D eigenvalue weighted by atomic mass is 9.89. The normalized spacial score (nSPS) is 18.2. The largest absolute Gasteiger partial charge is 0.378 e. The summed E-state index contributed by atoms with van der Waals surface area (Å²) in [6, 6.07) is 11.3. The molecule has 2 aliphatic heterocycles. The Bertz CT molecular complexity index is 1430. The maximum absolute atomic E-state index is 12.4. The van der Waals surface area contributed by atoms with Gasteiger partial charge in [-0.05, 0) is 86.6 Å². The van der Waals surface area contributed by atoms with E-state index in [1.165, 1.54) is 11.8 Å². The van der Waals surface area contributed by atoms with Gasteiger partial charge in [-0.1, -0.05) is 19.1 Å². The summed E-state index contributed by atoms with van der Waals surface area (Å²) in [7, 11) is -1.25. The molecule has 0 radical (unpaired) electrons. The van der Waals surface area contributed by atoms with Crippen molar-refractivity contribution < 1.29 is 13.2 Å². The van der Waals surface area contributed by atoms with Crippen LogP contribution in [0, 0.1) is 0 Å². The van der Waals surface area contributed by atoms with E-state index in [1.54, 1.807) is 25.4 Å². The summed E-state index contributed by atoms with van der Waals surface area (Å²) in [5, 5.41) is 6.49. The Labute approximate surface area is 217 Å². The van der Waals surface area contributed by atoms with Crippen molar-refractivity contribution in [3.05, 3.63) is 71.7 Å². The zero-order valence-electron chi connectivity index (χ0n) is 21.0. The van der Waals surface area contributed by atoms with Crippen molar-refractivity contribution in [2.45, 2.75) is 36.6 Å². The number of benzene rings is 1. The zero-order valence-corrected chi connectivity index (χ0v) is 21.8. The van der Waals surface area contributed by atoms with E-state index in [2.05, 4.69) is 39.7 Å². The number of likely N-dealkylation sites (tertiary alicyclic amines) is 1. The van der Waals surface area contributed by atoms with Crippen molar-refractivity contribution >= 4 is 33.7 Å². The summed E-state index contributed by atoms with van der Waals surface area (Å²) in [4.78, 5) is 23.4. The summed E-state index contributed by atoms with van der Waals surface area (Å²) in [6.07, 6.45) is 9.74. The molecule has 8 nitrogen and oxygen atoms in total. The van der Waals surface area contributed by atoms with E-state index in [9.17, 15) is 13.2 Å². The molecule has 1 saturated heterocycles. The summed E-state index contributed by atoms with van der Waals surface area (Å²) in [5.74, 6) is 1.09. The van der Waals surface area contributed by atoms with Crippen LogP contribution in [-0.2, 0) is 14.6 Å². The molecule has 0 spiro atoms. The van der Waals surface area contributed by atoms with E-state index < -0.39 is 15.9 Å². The van der Waals surface area contributed by atoms with Gasteiger partial charge in [0, 0.05) is 29.2 Å². The van der Waals surface area contributed by atoms with Crippen LogP contribution in [0.2, 0.25) is 0 Å². The van der Waals surface area contributed by atoms with Crippen LogP contribution < -0.4 is 10.6 Å². The van der Waals surface area contributed by atoms with Gasteiger partial charge in [-0.25, -0.2) is 13.4 Å². The molecule has 1 unspecified atom stereocenters. The molecule has 0 amide bonds. The molecule has 0 aliphatic carbocycles. The number of anilines is 2. The molecular weight excluding hydrogens is 486 g/mol. The fourth-order valence-corrected chi connectivity index (χ4v) is 5.79. The second-order valence-electron chi connectivity index (χ2n) is 9.61. The number of hydrogen-bond acceptors (Lipinski definition) is 8. The van der Waals surface area contributed by atoms with Gasteiger partial charge in [0.2, 0.25) is 0 Å². The predicted molar refractivity (Wildman–Crippen MR) is 145 cm³/mol. The number of aldehydes is 1. The Morgan fingerprint density at radius 1 is 1.14 bits per heavy atom. The van der Waals surface area contributed by atoms with E-state index in [1.807, 2.05) is 24.3 Å². The van der Waals surface area contributed by atoms with Crippen LogP contribution >= 0.6 is 0 Å². The number of carbonyl (C=O) groups excluding carboxylic acids is 1. The molecular formula is C28H31N5O3S. The van der Waals surface area contributed by atoms with Gasteiger partial charge in [-0.3, -0.25) is 4.98 Å². The van der Waals surface area contributed by atoms with Crippen molar-refractivity contribution in [2.75, 3.05) is 31.2 Å². The molecule has 2 aromatic heterocycles. The fourth-order valence-electron chi connectivity index (χ4n) is 4.93. The monoisotopic (exact) mass is 517 g/mol. The third-order valence-corrected chi connectivity index (χ3v) is 8.89. The lowest BCUT2D eigenvalue weighted by Gasteiger charge is -2.29. The maximum atomic E-state index is 12.4. The van der Waals surface area contributed by atoms with Crippen LogP contribution in [0.15, 0.2) is 59.9 Å². The van der Waals surface area contributed by atoms with Gasteiger partial charge >= 0.3 is 0 Å². The lowest BCUT2D eigenvalue weighted by molar-refractivity contribution is -0.109. The van der Waals surface area contributed by atoms with Gasteiger partial charge < -0.3 is 20.3 Å². The lowest BCUT2D eigenvalue weighted by Crippen LogP contribution is -2.29. The molecule has 4 heterocycles. The first-order valence-electron chi connectivity index (χ1n) is 12.5. The van der Waals surface area contributed by atoms with Crippen molar-refractivity contribution in [3.63, 3.8) is 0 Å². The molecule has 37 heavy (non-hydrogen) atoms. The number of hydrogen-bond donors (Lipinski definition) is 2. The first-order valence-corrected chi connectivity index (χ1v) is 14.2. The van der Waals surface area contributed by atoms with Crippen LogP contribution in [0.5, 0.6) is 0 Å². The highest BCUT2D eigenvalue weighted by atomic mass is 32.2. The number of nitrogens with zero attached hydrogens (tertiary/aromatic N) is 3. The predicted octanol–water partition coefficient (Wildman–Crippen LogP) is 4.30. The van der Waals surface area contributed by atoms with Crippen molar-refractivity contribution in [3.8, 4) is 11.3 Å². The number of rotatable bonds is 7. The zero-order chi connectivity index (χ0) is 26.0. The minimum atomic E-state index is -3.41. The quantitative estimate of drug-likeness (QED) is 0.447. The molecule has 0 bridgehead atoms. The molecule has 9 heteroatoms. The molecule has 5 rings (SSSR count). The first-order chi connectivity index (χ1) is 17.9. The Morgan fingerprint density at radius 2 is 1.89 bits per heavy atom. The Kier molecular flexibility index (Phi) is 7.08. The highest BCUT2D eigenvalue weighted by Crippen LogP contribution is 2.35. The summed E-state index contributed by atoms with van der Waals surface area (Å²) >= 11 is 0. The Balaban J connectivity index is 1.51. The highest BCUT2D eigenvalue weighted by molar-refractivity contribution is 7.91. The van der Waals surface area contributed by atoms with E-state index in [0.29, 0.717) is 23.0 Å². The van der Waals surface area contributed by atoms with E-state index in [0.717, 1.165) is 49.0 Å². The second kappa shape index (κ2) is 10.4. The third-order valence-electron chi connectivity index (χ3n) is 7.19. The smallest absolute Gasteiger partial charge is 0.179 e. The van der Waals surface area contributed by atoms with E-state index in [-0.39, 0.29) is 10.6 Å². The molecule has 0 saturated carbocycles. The van der Waals surface area contributed by atoms with E-state index in [4.69, 9.17) is 4.98 Å². The Morgan fingerprint density at radius 3 is 2.59 bits per heavy atom. The average Bonchev–Trinajstić information content (AvgIpc) is 2.93. The van der Waals surface area contributed by atoms with Crippen LogP contribution in [0.4, 0.5) is 11.5 Å². The Hall–Kier alpha value is -3.56. The minimum absolute atomic E-state index is 0.00840. The van der Waals surface area contributed by atoms with Gasteiger partial charge in [0.1, 0.15) is 18.1 Å². The third kappa shape index (κ3) is 5.28. The topological polar surface area (TPSA) is 104 Å². The number of pyridine rings is 2. The molecule has 3 aromatic rings. The minimum Gasteiger partial charge on any atom is -0.378 e. The molecule has 1 aromatic carbocycles. The van der Waals surface area contributed by atoms with Crippen LogP contribution in [0.25, 0.3) is 17.3 Å². The van der Waals surface area contributed by atoms with Gasteiger partial charge in [0.25, 0.3) is 0 Å². The average molecular weight is 518 g/mol. The number of carbonyl (C=O) groups is 1. The molecule has 1 atom stereocenters. The van der Waals surface area contributed by atoms with Crippen molar-refractivity contribution in [2.24, 2.45) is 0 Å². The molecule has 192 valence electrons. The standard InChI is InChI=1S/C28H31N5O3S/c1-3-37(35,36)24-14-22(16-29-17-24)25-15-21-8-11-30-26(18-34)27(21)28(32-25)31-23-6-4-19(5-7-23)20-9-12-33(2)13-10-20/h4-8,11,14-18,20,26,30H,3,9-10,12-13H2,1-2H3,(H,31,32). The summed E-state index contributed by atoms with van der Waals surface area (Å²) < 4.78 is 24.9. The molecule has 1 fully saturated rings. The first kappa shape index (κ1) is 25.1. The molecule has 2 aliphatic rings. The van der Waals surface area contributed by atoms with Crippen molar-refractivity contribution in [1.29, 1.82) is 0 Å². The maximum Gasteiger partial charge on any atom is 0.179 e. The number of aromatic nitrogens is 2. The molecule has 2 N–H and O–H groups in total. The fraction of sp³-hybridized carbons (Fsp3) is 0.321. The van der Waals surface area contributed by atoms with Crippen LogP contribution in [0.1, 0.15) is 48.4 Å². The van der Waals surface area contributed by atoms with Crippen LogP contribution in [0.3, 0.4) is 0 Å². The summed E-state index contributed by atoms with van der Waals surface area (Å²) in [6.45, 7) is 3.82. The van der Waals surface area contributed by atoms with Crippen LogP contribution in [-0.4, -0.2) is 55.5 Å². The van der Waals surface area contributed by atoms with Gasteiger partial charge in [-0.2, -0.15) is 0 Å². The number of nitrogens with one attached hydrogen (secondary N) is 2. The SMILES string of the molecule is CCS(=O)(=O)c1cncc(-c2cc3c(c(Nc4ccc(C5CCN(C)CC5)cc4)n2)C(C=O)NC=C3)c1. The second-order valence-corrected chi connectivity index (χ2v) is 11.9. The number of piperidine rings is 1. The summed E-state index contributed by atoms with van der Waals surface area (Å²) in [5.41, 5.74) is 4.93. The number of fused-ring (bicyclic) bond motifs is 1. The number of sulfone groups is 1. The van der Waals surface area contributed by atoms with Gasteiger partial charge in [-0.15, -0.1) is 0 Å². The van der Waals surface area contributed by atoms with Gasteiger partial charge in [0.05, 0.1) is 16.3 Å². The van der Waals surface area contributed by atoms with Gasteiger partial charge in [0.15, 0.2) is 9.84 Å². The van der Waals surface area contributed by atoms with E-state index >= 15 is 0 Å². The van der Waals surface area contributed by atoms with Crippen molar-refractivity contribution in [1.82, 2.24) is 20.2 Å².